The lowest BCUT2D eigenvalue weighted by Crippen LogP contribution is -2.28. The lowest BCUT2D eigenvalue weighted by atomic mass is 10.1. The molecule has 1 amide bonds. The van der Waals surface area contributed by atoms with E-state index in [1.165, 1.54) is 15.8 Å². The van der Waals surface area contributed by atoms with Gasteiger partial charge < -0.3 is 5.32 Å². The van der Waals surface area contributed by atoms with E-state index in [2.05, 4.69) is 22.6 Å². The molecule has 0 spiro atoms. The van der Waals surface area contributed by atoms with Crippen LogP contribution in [-0.4, -0.2) is 21.0 Å². The van der Waals surface area contributed by atoms with E-state index in [1.807, 2.05) is 31.2 Å². The number of fused-ring (bicyclic) bond motifs is 1. The first kappa shape index (κ1) is 14.7. The van der Waals surface area contributed by atoms with Crippen molar-refractivity contribution >= 4 is 17.1 Å². The summed E-state index contributed by atoms with van der Waals surface area (Å²) < 4.78 is 1.21. The van der Waals surface area contributed by atoms with Crippen LogP contribution in [0.2, 0.25) is 0 Å². The molecule has 0 aliphatic rings. The Bertz CT molecular complexity index is 936. The minimum absolute atomic E-state index is 0.351. The predicted molar refractivity (Wildman–Crippen MR) is 85.8 cm³/mol. The molecule has 1 N–H and O–H groups in total. The van der Waals surface area contributed by atoms with Gasteiger partial charge in [-0.15, -0.1) is 5.10 Å². The van der Waals surface area contributed by atoms with Crippen molar-refractivity contribution in [3.8, 4) is 6.07 Å². The monoisotopic (exact) mass is 305 g/mol. The SMILES string of the molecule is Cc1ccc(CNC(=O)n2nnc3cc(C#N)ccc32)cc1C. The third-order valence-electron chi connectivity index (χ3n) is 3.78. The van der Waals surface area contributed by atoms with Gasteiger partial charge in [0.1, 0.15) is 5.52 Å². The Hall–Kier alpha value is -3.20. The fourth-order valence-electron chi connectivity index (χ4n) is 2.31. The Balaban J connectivity index is 1.78. The molecule has 0 saturated carbocycles. The highest BCUT2D eigenvalue weighted by molar-refractivity contribution is 5.88. The number of hydrogen-bond donors (Lipinski definition) is 1. The second kappa shape index (κ2) is 5.89. The van der Waals surface area contributed by atoms with Crippen LogP contribution in [0.15, 0.2) is 36.4 Å². The van der Waals surface area contributed by atoms with Gasteiger partial charge in [-0.3, -0.25) is 0 Å². The molecule has 6 nitrogen and oxygen atoms in total. The molecular weight excluding hydrogens is 290 g/mol. The van der Waals surface area contributed by atoms with Crippen LogP contribution < -0.4 is 5.32 Å². The molecule has 2 aromatic carbocycles. The van der Waals surface area contributed by atoms with E-state index in [0.29, 0.717) is 23.1 Å². The summed E-state index contributed by atoms with van der Waals surface area (Å²) in [5, 5.41) is 19.5. The molecule has 114 valence electrons. The van der Waals surface area contributed by atoms with Gasteiger partial charge in [-0.25, -0.2) is 4.79 Å². The van der Waals surface area contributed by atoms with Gasteiger partial charge in [0.25, 0.3) is 0 Å². The van der Waals surface area contributed by atoms with Crippen molar-refractivity contribution in [2.45, 2.75) is 20.4 Å². The van der Waals surface area contributed by atoms with Crippen molar-refractivity contribution in [1.29, 1.82) is 5.26 Å². The van der Waals surface area contributed by atoms with E-state index >= 15 is 0 Å². The van der Waals surface area contributed by atoms with E-state index in [0.717, 1.165) is 5.56 Å². The molecule has 0 fully saturated rings. The number of amides is 1. The molecule has 23 heavy (non-hydrogen) atoms. The fraction of sp³-hybridized carbons (Fsp3) is 0.176. The van der Waals surface area contributed by atoms with E-state index in [9.17, 15) is 4.79 Å². The minimum atomic E-state index is -0.351. The van der Waals surface area contributed by atoms with Crippen molar-refractivity contribution in [1.82, 2.24) is 20.3 Å². The second-order valence-electron chi connectivity index (χ2n) is 5.39. The molecule has 6 heteroatoms. The lowest BCUT2D eigenvalue weighted by molar-refractivity contribution is 0.239. The van der Waals surface area contributed by atoms with Crippen LogP contribution in [0.25, 0.3) is 11.0 Å². The number of hydrogen-bond acceptors (Lipinski definition) is 4. The summed E-state index contributed by atoms with van der Waals surface area (Å²) in [6.07, 6.45) is 0. The van der Waals surface area contributed by atoms with Crippen molar-refractivity contribution in [2.75, 3.05) is 0 Å². The topological polar surface area (TPSA) is 83.6 Å². The molecule has 0 saturated heterocycles. The average Bonchev–Trinajstić information content (AvgIpc) is 2.98. The quantitative estimate of drug-likeness (QED) is 0.789. The minimum Gasteiger partial charge on any atom is -0.332 e. The summed E-state index contributed by atoms with van der Waals surface area (Å²) in [6, 6.07) is 12.7. The highest BCUT2D eigenvalue weighted by atomic mass is 16.2. The smallest absolute Gasteiger partial charge is 0.332 e. The number of nitrogens with one attached hydrogen (secondary N) is 1. The Morgan fingerprint density at radius 3 is 2.78 bits per heavy atom. The van der Waals surface area contributed by atoms with Gasteiger partial charge in [-0.05, 0) is 48.7 Å². The zero-order chi connectivity index (χ0) is 16.4. The molecule has 3 rings (SSSR count). The summed E-state index contributed by atoms with van der Waals surface area (Å²) in [7, 11) is 0. The van der Waals surface area contributed by atoms with Crippen molar-refractivity contribution in [3.05, 3.63) is 58.7 Å². The molecule has 0 aliphatic heterocycles. The first-order valence-corrected chi connectivity index (χ1v) is 7.18. The maximum absolute atomic E-state index is 12.3. The zero-order valence-corrected chi connectivity index (χ0v) is 12.9. The van der Waals surface area contributed by atoms with Crippen molar-refractivity contribution in [2.24, 2.45) is 0 Å². The van der Waals surface area contributed by atoms with Crippen LogP contribution in [0.4, 0.5) is 4.79 Å². The van der Waals surface area contributed by atoms with E-state index in [-0.39, 0.29) is 6.03 Å². The van der Waals surface area contributed by atoms with Crippen LogP contribution in [0.3, 0.4) is 0 Å². The molecule has 0 unspecified atom stereocenters. The highest BCUT2D eigenvalue weighted by Gasteiger charge is 2.12. The van der Waals surface area contributed by atoms with Gasteiger partial charge in [-0.1, -0.05) is 23.4 Å². The molecule has 1 aromatic heterocycles. The van der Waals surface area contributed by atoms with Gasteiger partial charge in [-0.2, -0.15) is 9.94 Å². The van der Waals surface area contributed by atoms with Crippen LogP contribution in [0.5, 0.6) is 0 Å². The fourth-order valence-corrected chi connectivity index (χ4v) is 2.31. The van der Waals surface area contributed by atoms with Gasteiger partial charge in [0.2, 0.25) is 0 Å². The number of rotatable bonds is 2. The van der Waals surface area contributed by atoms with Gasteiger partial charge in [0.05, 0.1) is 17.1 Å². The predicted octanol–water partition coefficient (Wildman–Crippen LogP) is 2.68. The van der Waals surface area contributed by atoms with Crippen LogP contribution in [-0.2, 0) is 6.54 Å². The van der Waals surface area contributed by atoms with Crippen LogP contribution >= 0.6 is 0 Å². The Morgan fingerprint density at radius 1 is 1.22 bits per heavy atom. The molecule has 0 bridgehead atoms. The molecule has 0 radical (unpaired) electrons. The summed E-state index contributed by atoms with van der Waals surface area (Å²) >= 11 is 0. The average molecular weight is 305 g/mol. The maximum atomic E-state index is 12.3. The third kappa shape index (κ3) is 2.90. The Kier molecular flexibility index (Phi) is 3.77. The first-order chi connectivity index (χ1) is 11.1. The van der Waals surface area contributed by atoms with E-state index in [4.69, 9.17) is 5.26 Å². The summed E-state index contributed by atoms with van der Waals surface area (Å²) in [6.45, 7) is 4.50. The third-order valence-corrected chi connectivity index (χ3v) is 3.78. The number of carbonyl (C=O) groups excluding carboxylic acids is 1. The number of benzene rings is 2. The van der Waals surface area contributed by atoms with E-state index in [1.54, 1.807) is 18.2 Å². The van der Waals surface area contributed by atoms with Crippen molar-refractivity contribution < 1.29 is 4.79 Å². The van der Waals surface area contributed by atoms with Gasteiger partial charge in [0.15, 0.2) is 0 Å². The summed E-state index contributed by atoms with van der Waals surface area (Å²) in [4.78, 5) is 12.3. The maximum Gasteiger partial charge on any atom is 0.344 e. The molecular formula is C17H15N5O. The van der Waals surface area contributed by atoms with E-state index < -0.39 is 0 Å². The lowest BCUT2D eigenvalue weighted by Gasteiger charge is -2.07. The number of aromatic nitrogens is 3. The molecule has 3 aromatic rings. The zero-order valence-electron chi connectivity index (χ0n) is 12.9. The summed E-state index contributed by atoms with van der Waals surface area (Å²) in [5.41, 5.74) is 5.01. The summed E-state index contributed by atoms with van der Waals surface area (Å²) in [5.74, 6) is 0. The molecule has 0 aliphatic carbocycles. The molecule has 0 atom stereocenters. The Labute approximate surface area is 133 Å². The number of aryl methyl sites for hydroxylation is 2. The van der Waals surface area contributed by atoms with Crippen LogP contribution in [0, 0.1) is 25.2 Å². The second-order valence-corrected chi connectivity index (χ2v) is 5.39. The van der Waals surface area contributed by atoms with Crippen LogP contribution in [0.1, 0.15) is 22.3 Å². The molecule has 1 heterocycles. The largest absolute Gasteiger partial charge is 0.344 e. The normalized spacial score (nSPS) is 10.5. The first-order valence-electron chi connectivity index (χ1n) is 7.18. The number of carbonyl (C=O) groups is 1. The van der Waals surface area contributed by atoms with Crippen molar-refractivity contribution in [3.63, 3.8) is 0 Å². The van der Waals surface area contributed by atoms with Gasteiger partial charge in [0, 0.05) is 6.54 Å². The Morgan fingerprint density at radius 2 is 2.04 bits per heavy atom. The highest BCUT2D eigenvalue weighted by Crippen LogP contribution is 2.13. The van der Waals surface area contributed by atoms with Gasteiger partial charge >= 0.3 is 6.03 Å². The standard InChI is InChI=1S/C17H15N5O/c1-11-3-4-14(7-12(11)2)10-19-17(23)22-16-6-5-13(9-18)8-15(16)20-21-22/h3-8H,10H2,1-2H3,(H,19,23). The number of nitriles is 1. The number of nitrogens with zero attached hydrogens (tertiary/aromatic N) is 4.